The third kappa shape index (κ3) is 8.12. The molecule has 1 saturated carbocycles. The molecule has 7 heteroatoms. The molecule has 0 aromatic carbocycles. The summed E-state index contributed by atoms with van der Waals surface area (Å²) in [6, 6.07) is 3.70. The Balaban J connectivity index is 1.71. The first-order valence-corrected chi connectivity index (χ1v) is 12.8. The van der Waals surface area contributed by atoms with Crippen molar-refractivity contribution in [2.75, 3.05) is 31.1 Å². The van der Waals surface area contributed by atoms with Crippen LogP contribution in [0.1, 0.15) is 78.2 Å². The fourth-order valence-electron chi connectivity index (χ4n) is 4.83. The second-order valence-electron chi connectivity index (χ2n) is 10.4. The first-order chi connectivity index (χ1) is 16.2. The number of esters is 1. The van der Waals surface area contributed by atoms with Gasteiger partial charge in [-0.3, -0.25) is 4.90 Å². The maximum atomic E-state index is 13.2. The quantitative estimate of drug-likeness (QED) is 0.299. The molecule has 0 radical (unpaired) electrons. The van der Waals surface area contributed by atoms with Crippen LogP contribution in [0.5, 0.6) is 0 Å². The molecule has 1 atom stereocenters. The van der Waals surface area contributed by atoms with E-state index in [1.54, 1.807) is 24.1 Å². The van der Waals surface area contributed by atoms with Crippen molar-refractivity contribution in [1.82, 2.24) is 9.88 Å². The van der Waals surface area contributed by atoms with Crippen LogP contribution in [0.25, 0.3) is 6.08 Å². The van der Waals surface area contributed by atoms with Crippen LogP contribution in [0.3, 0.4) is 0 Å². The molecule has 2 aliphatic rings. The van der Waals surface area contributed by atoms with E-state index in [0.717, 1.165) is 37.5 Å². The van der Waals surface area contributed by atoms with Crippen LogP contribution in [0.15, 0.2) is 24.4 Å². The summed E-state index contributed by atoms with van der Waals surface area (Å²) in [4.78, 5) is 33.6. The highest BCUT2D eigenvalue weighted by Crippen LogP contribution is 2.28. The van der Waals surface area contributed by atoms with Gasteiger partial charge in [0.05, 0.1) is 12.6 Å². The maximum absolute atomic E-state index is 13.2. The minimum atomic E-state index is -0.587. The highest BCUT2D eigenvalue weighted by Gasteiger charge is 2.35. The molecule has 1 aromatic heterocycles. The number of rotatable bonds is 7. The van der Waals surface area contributed by atoms with Gasteiger partial charge >= 0.3 is 12.1 Å². The van der Waals surface area contributed by atoms with Gasteiger partial charge in [-0.2, -0.15) is 0 Å². The maximum Gasteiger partial charge on any atom is 0.416 e. The van der Waals surface area contributed by atoms with Gasteiger partial charge in [0.2, 0.25) is 0 Å². The van der Waals surface area contributed by atoms with Crippen molar-refractivity contribution in [3.05, 3.63) is 30.0 Å². The Labute approximate surface area is 204 Å². The number of ether oxygens (including phenoxy) is 2. The van der Waals surface area contributed by atoms with Crippen molar-refractivity contribution in [3.8, 4) is 0 Å². The number of carbonyl (C=O) groups is 2. The number of amides is 1. The van der Waals surface area contributed by atoms with Crippen molar-refractivity contribution in [1.29, 1.82) is 0 Å². The Hall–Kier alpha value is -2.41. The Kier molecular flexibility index (Phi) is 9.51. The fourth-order valence-corrected chi connectivity index (χ4v) is 4.83. The average molecular weight is 472 g/mol. The van der Waals surface area contributed by atoms with Crippen LogP contribution in [0.2, 0.25) is 0 Å². The molecular formula is C27H41N3O4. The van der Waals surface area contributed by atoms with Gasteiger partial charge in [0.25, 0.3) is 0 Å². The van der Waals surface area contributed by atoms with Crippen LogP contribution in [0.4, 0.5) is 10.6 Å². The smallest absolute Gasteiger partial charge is 0.416 e. The lowest BCUT2D eigenvalue weighted by molar-refractivity contribution is -0.137. The second-order valence-corrected chi connectivity index (χ2v) is 10.4. The fraction of sp³-hybridized carbons (Fsp3) is 0.667. The summed E-state index contributed by atoms with van der Waals surface area (Å²) in [5, 5.41) is 0. The van der Waals surface area contributed by atoms with Gasteiger partial charge in [0, 0.05) is 31.9 Å². The molecule has 0 spiro atoms. The largest absolute Gasteiger partial charge is 0.463 e. The van der Waals surface area contributed by atoms with Crippen molar-refractivity contribution < 1.29 is 19.1 Å². The van der Waals surface area contributed by atoms with Gasteiger partial charge in [-0.05, 0) is 76.6 Å². The van der Waals surface area contributed by atoms with Gasteiger partial charge in [-0.15, -0.1) is 0 Å². The lowest BCUT2D eigenvalue weighted by Gasteiger charge is -2.31. The molecule has 1 aliphatic heterocycles. The Morgan fingerprint density at radius 2 is 1.88 bits per heavy atom. The molecule has 188 valence electrons. The molecule has 2 heterocycles. The van der Waals surface area contributed by atoms with Crippen molar-refractivity contribution in [2.45, 2.75) is 84.3 Å². The lowest BCUT2D eigenvalue weighted by atomic mass is 10.00. The number of likely N-dealkylation sites (tertiary alicyclic amines) is 1. The number of hydrogen-bond donors (Lipinski definition) is 0. The van der Waals surface area contributed by atoms with E-state index in [9.17, 15) is 9.59 Å². The SMILES string of the molecule is CCOC(=O)/C=C/c1ccc(N(C(=O)OC(C)(C)C)[C@@H]2CCN(CC3CCCCCC3)C2)nc1. The van der Waals surface area contributed by atoms with Crippen LogP contribution < -0.4 is 4.90 Å². The zero-order valence-corrected chi connectivity index (χ0v) is 21.3. The summed E-state index contributed by atoms with van der Waals surface area (Å²) in [6.45, 7) is 10.7. The first-order valence-electron chi connectivity index (χ1n) is 12.8. The third-order valence-corrected chi connectivity index (χ3v) is 6.41. The minimum absolute atomic E-state index is 0.0223. The summed E-state index contributed by atoms with van der Waals surface area (Å²) >= 11 is 0. The Morgan fingerprint density at radius 1 is 1.15 bits per heavy atom. The number of pyridine rings is 1. The Bertz CT molecular complexity index is 823. The minimum Gasteiger partial charge on any atom is -0.463 e. The lowest BCUT2D eigenvalue weighted by Crippen LogP contribution is -2.45. The molecule has 0 N–H and O–H groups in total. The van der Waals surface area contributed by atoms with E-state index >= 15 is 0 Å². The van der Waals surface area contributed by atoms with Crippen LogP contribution in [0, 0.1) is 5.92 Å². The molecule has 1 saturated heterocycles. The molecule has 2 fully saturated rings. The predicted molar refractivity (Wildman–Crippen MR) is 135 cm³/mol. The van der Waals surface area contributed by atoms with Crippen molar-refractivity contribution >= 4 is 24.0 Å². The first kappa shape index (κ1) is 26.2. The van der Waals surface area contributed by atoms with Crippen molar-refractivity contribution in [2.24, 2.45) is 5.92 Å². The predicted octanol–water partition coefficient (Wildman–Crippen LogP) is 5.44. The number of aromatic nitrogens is 1. The molecule has 0 bridgehead atoms. The van der Waals surface area contributed by atoms with Crippen LogP contribution in [-0.4, -0.2) is 59.8 Å². The van der Waals surface area contributed by atoms with E-state index in [-0.39, 0.29) is 18.1 Å². The van der Waals surface area contributed by atoms with Gasteiger partial charge in [-0.1, -0.05) is 25.7 Å². The molecule has 7 nitrogen and oxygen atoms in total. The van der Waals surface area contributed by atoms with Crippen LogP contribution in [-0.2, 0) is 14.3 Å². The van der Waals surface area contributed by atoms with E-state index in [0.29, 0.717) is 12.4 Å². The van der Waals surface area contributed by atoms with Gasteiger partial charge < -0.3 is 14.4 Å². The van der Waals surface area contributed by atoms with E-state index < -0.39 is 5.60 Å². The molecule has 1 amide bonds. The van der Waals surface area contributed by atoms with Gasteiger partial charge in [0.15, 0.2) is 0 Å². The monoisotopic (exact) mass is 471 g/mol. The molecular weight excluding hydrogens is 430 g/mol. The number of anilines is 1. The number of carbonyl (C=O) groups excluding carboxylic acids is 2. The highest BCUT2D eigenvalue weighted by molar-refractivity contribution is 5.88. The number of nitrogens with zero attached hydrogens (tertiary/aromatic N) is 3. The summed E-state index contributed by atoms with van der Waals surface area (Å²) in [5.41, 5.74) is 0.179. The average Bonchev–Trinajstić information content (AvgIpc) is 3.06. The van der Waals surface area contributed by atoms with E-state index in [1.807, 2.05) is 32.9 Å². The number of hydrogen-bond acceptors (Lipinski definition) is 6. The summed E-state index contributed by atoms with van der Waals surface area (Å²) in [7, 11) is 0. The molecule has 1 aliphatic carbocycles. The molecule has 1 aromatic rings. The molecule has 0 unspecified atom stereocenters. The zero-order valence-electron chi connectivity index (χ0n) is 21.3. The van der Waals surface area contributed by atoms with Gasteiger partial charge in [0.1, 0.15) is 11.4 Å². The van der Waals surface area contributed by atoms with E-state index in [1.165, 1.54) is 44.6 Å². The summed E-state index contributed by atoms with van der Waals surface area (Å²) in [5.74, 6) is 0.949. The normalized spacial score (nSPS) is 20.3. The summed E-state index contributed by atoms with van der Waals surface area (Å²) < 4.78 is 10.7. The topological polar surface area (TPSA) is 72.0 Å². The zero-order chi connectivity index (χ0) is 24.6. The summed E-state index contributed by atoms with van der Waals surface area (Å²) in [6.07, 6.45) is 13.3. The second kappa shape index (κ2) is 12.3. The van der Waals surface area contributed by atoms with E-state index in [2.05, 4.69) is 9.88 Å². The Morgan fingerprint density at radius 3 is 2.50 bits per heavy atom. The van der Waals surface area contributed by atoms with Gasteiger partial charge in [-0.25, -0.2) is 14.6 Å². The van der Waals surface area contributed by atoms with Crippen LogP contribution >= 0.6 is 0 Å². The molecule has 34 heavy (non-hydrogen) atoms. The van der Waals surface area contributed by atoms with Crippen molar-refractivity contribution in [3.63, 3.8) is 0 Å². The third-order valence-electron chi connectivity index (χ3n) is 6.41. The standard InChI is InChI=1S/C27H41N3O4/c1-5-33-25(31)15-13-21-12-14-24(28-18-21)30(26(32)34-27(2,3)4)23-16-17-29(20-23)19-22-10-8-6-7-9-11-22/h12-15,18,22-23H,5-11,16-17,19-20H2,1-4H3/b15-13+/t23-/m1/s1. The van der Waals surface area contributed by atoms with E-state index in [4.69, 9.17) is 9.47 Å². The molecule has 3 rings (SSSR count). The highest BCUT2D eigenvalue weighted by atomic mass is 16.6.